The molecule has 1 saturated heterocycles. The van der Waals surface area contributed by atoms with Crippen molar-refractivity contribution >= 4 is 50.9 Å². The van der Waals surface area contributed by atoms with E-state index in [1.54, 1.807) is 0 Å². The van der Waals surface area contributed by atoms with Gasteiger partial charge in [-0.25, -0.2) is 0 Å². The molecule has 0 aliphatic carbocycles. The minimum atomic E-state index is 0. The minimum Gasteiger partial charge on any atom is -0.314 e. The van der Waals surface area contributed by atoms with E-state index in [1.807, 2.05) is 0 Å². The quantitative estimate of drug-likeness (QED) is 0.631. The van der Waals surface area contributed by atoms with Crippen LogP contribution in [0.1, 0.15) is 26.7 Å². The van der Waals surface area contributed by atoms with Crippen LogP contribution in [0.4, 0.5) is 0 Å². The Balaban J connectivity index is -0.000000563. The maximum atomic E-state index is 3.53. The molecule has 2 atom stereocenters. The van der Waals surface area contributed by atoms with Crippen molar-refractivity contribution in [3.63, 3.8) is 0 Å². The summed E-state index contributed by atoms with van der Waals surface area (Å²) in [6.07, 6.45) is 2.42. The van der Waals surface area contributed by atoms with Gasteiger partial charge in [0.2, 0.25) is 0 Å². The van der Waals surface area contributed by atoms with Crippen LogP contribution >= 0.6 is 50.9 Å². The van der Waals surface area contributed by atoms with Crippen LogP contribution in [0.15, 0.2) is 0 Å². The average Bonchev–Trinajstić information content (AvgIpc) is 2.28. The fraction of sp³-hybridized carbons (Fsp3) is 1.00. The molecule has 1 rings (SSSR count). The summed E-state index contributed by atoms with van der Waals surface area (Å²) >= 11 is 0. The maximum Gasteiger partial charge on any atom is 0.0190 e. The highest BCUT2D eigenvalue weighted by Crippen LogP contribution is 1.93. The van der Waals surface area contributed by atoms with E-state index in [1.165, 1.54) is 12.8 Å². The summed E-state index contributed by atoms with van der Waals surface area (Å²) in [5.41, 5.74) is 0. The van der Waals surface area contributed by atoms with Gasteiger partial charge in [-0.15, -0.1) is 50.9 Å². The van der Waals surface area contributed by atoms with Crippen molar-refractivity contribution in [1.82, 2.24) is 16.0 Å². The molecule has 0 saturated carbocycles. The lowest BCUT2D eigenvalue weighted by molar-refractivity contribution is 0.470. The van der Waals surface area contributed by atoms with Crippen molar-refractivity contribution in [3.8, 4) is 0 Å². The van der Waals surface area contributed by atoms with Crippen LogP contribution < -0.4 is 16.0 Å². The number of nitrogens with one attached hydrogen (secondary N) is 3. The van der Waals surface area contributed by atoms with Crippen molar-refractivity contribution in [2.24, 2.45) is 0 Å². The number of hydrogen-bond acceptors (Lipinski definition) is 3. The zero-order valence-corrected chi connectivity index (χ0v) is 15.3. The van der Waals surface area contributed by atoms with Crippen LogP contribution in [0.25, 0.3) is 0 Å². The van der Waals surface area contributed by atoms with Gasteiger partial charge in [0.25, 0.3) is 0 Å². The Bertz CT molecular complexity index is 124. The summed E-state index contributed by atoms with van der Waals surface area (Å²) in [6, 6.07) is 1.30. The molecule has 1 aliphatic heterocycles. The molecule has 102 valence electrons. The average molecular weight is 428 g/mol. The molecule has 0 aromatic rings. The van der Waals surface area contributed by atoms with Crippen LogP contribution in [-0.2, 0) is 0 Å². The van der Waals surface area contributed by atoms with Crippen LogP contribution in [0, 0.1) is 0 Å². The number of rotatable bonds is 2. The fourth-order valence-corrected chi connectivity index (χ4v) is 1.71. The molecule has 3 nitrogen and oxygen atoms in total. The van der Waals surface area contributed by atoms with Crippen molar-refractivity contribution in [2.45, 2.75) is 38.8 Å². The molecular weight excluding hydrogens is 402 g/mol. The van der Waals surface area contributed by atoms with Gasteiger partial charge in [-0.05, 0) is 12.8 Å². The Labute approximate surface area is 131 Å². The molecule has 0 radical (unpaired) electrons. The Morgan fingerprint density at radius 2 is 1.19 bits per heavy atom. The molecule has 0 spiro atoms. The SMILES string of the molecule is Br.Br.Br.CCC1CNCC(CC)NCCN1. The topological polar surface area (TPSA) is 36.1 Å². The Morgan fingerprint density at radius 3 is 1.50 bits per heavy atom. The second kappa shape index (κ2) is 14.4. The van der Waals surface area contributed by atoms with Crippen LogP contribution in [0.2, 0.25) is 0 Å². The zero-order valence-electron chi connectivity index (χ0n) is 10.1. The summed E-state index contributed by atoms with van der Waals surface area (Å²) in [5, 5.41) is 10.6. The van der Waals surface area contributed by atoms with Crippen molar-refractivity contribution in [1.29, 1.82) is 0 Å². The second-order valence-electron chi connectivity index (χ2n) is 3.78. The van der Waals surface area contributed by atoms with E-state index in [-0.39, 0.29) is 50.9 Å². The van der Waals surface area contributed by atoms with E-state index >= 15 is 0 Å². The Morgan fingerprint density at radius 1 is 0.812 bits per heavy atom. The highest BCUT2D eigenvalue weighted by Gasteiger charge is 2.10. The molecule has 0 aromatic carbocycles. The van der Waals surface area contributed by atoms with Gasteiger partial charge in [0.15, 0.2) is 0 Å². The lowest BCUT2D eigenvalue weighted by atomic mass is 10.2. The standard InChI is InChI=1S/C10H23N3.3BrH/c1-3-9-7-11-8-10(4-2)13-6-5-12-9;;;/h9-13H,3-8H2,1-2H3;3*1H. The van der Waals surface area contributed by atoms with Gasteiger partial charge in [0, 0.05) is 38.3 Å². The first-order chi connectivity index (χ1) is 6.36. The third-order valence-electron chi connectivity index (χ3n) is 2.76. The van der Waals surface area contributed by atoms with Crippen molar-refractivity contribution in [3.05, 3.63) is 0 Å². The molecule has 0 bridgehead atoms. The van der Waals surface area contributed by atoms with E-state index in [4.69, 9.17) is 0 Å². The van der Waals surface area contributed by atoms with Crippen LogP contribution in [0.5, 0.6) is 0 Å². The van der Waals surface area contributed by atoms with E-state index in [2.05, 4.69) is 29.8 Å². The molecule has 2 unspecified atom stereocenters. The van der Waals surface area contributed by atoms with E-state index < -0.39 is 0 Å². The third kappa shape index (κ3) is 9.36. The molecule has 1 fully saturated rings. The van der Waals surface area contributed by atoms with E-state index in [0.29, 0.717) is 12.1 Å². The largest absolute Gasteiger partial charge is 0.314 e. The Hall–Kier alpha value is 1.32. The molecule has 3 N–H and O–H groups in total. The smallest absolute Gasteiger partial charge is 0.0190 e. The van der Waals surface area contributed by atoms with Crippen LogP contribution in [0.3, 0.4) is 0 Å². The second-order valence-corrected chi connectivity index (χ2v) is 3.78. The van der Waals surface area contributed by atoms with Gasteiger partial charge in [0.1, 0.15) is 0 Å². The Kier molecular flexibility index (Phi) is 20.2. The van der Waals surface area contributed by atoms with E-state index in [0.717, 1.165) is 26.2 Å². The predicted octanol–water partition coefficient (Wildman–Crippen LogP) is 2.06. The highest BCUT2D eigenvalue weighted by molar-refractivity contribution is 8.93. The van der Waals surface area contributed by atoms with Gasteiger partial charge in [-0.2, -0.15) is 0 Å². The van der Waals surface area contributed by atoms with Gasteiger partial charge in [-0.3, -0.25) is 0 Å². The molecule has 6 heteroatoms. The normalized spacial score (nSPS) is 25.9. The summed E-state index contributed by atoms with van der Waals surface area (Å²) in [7, 11) is 0. The van der Waals surface area contributed by atoms with Crippen LogP contribution in [-0.4, -0.2) is 38.3 Å². The molecule has 1 aliphatic rings. The van der Waals surface area contributed by atoms with Gasteiger partial charge >= 0.3 is 0 Å². The summed E-state index contributed by atoms with van der Waals surface area (Å²) in [5.74, 6) is 0. The third-order valence-corrected chi connectivity index (χ3v) is 2.76. The lowest BCUT2D eigenvalue weighted by Gasteiger charge is -2.16. The molecular formula is C10H26Br3N3. The van der Waals surface area contributed by atoms with Gasteiger partial charge < -0.3 is 16.0 Å². The van der Waals surface area contributed by atoms with Crippen molar-refractivity contribution in [2.75, 3.05) is 26.2 Å². The molecule has 1 heterocycles. The predicted molar refractivity (Wildman–Crippen MR) is 88.0 cm³/mol. The molecule has 16 heavy (non-hydrogen) atoms. The number of halogens is 3. The van der Waals surface area contributed by atoms with E-state index in [9.17, 15) is 0 Å². The summed E-state index contributed by atoms with van der Waals surface area (Å²) in [4.78, 5) is 0. The van der Waals surface area contributed by atoms with Gasteiger partial charge in [-0.1, -0.05) is 13.8 Å². The first-order valence-electron chi connectivity index (χ1n) is 5.54. The molecule has 0 aromatic heterocycles. The summed E-state index contributed by atoms with van der Waals surface area (Å²) < 4.78 is 0. The zero-order chi connectivity index (χ0) is 9.52. The maximum absolute atomic E-state index is 3.53. The van der Waals surface area contributed by atoms with Gasteiger partial charge in [0.05, 0.1) is 0 Å². The van der Waals surface area contributed by atoms with Crippen molar-refractivity contribution < 1.29 is 0 Å². The number of hydrogen-bond donors (Lipinski definition) is 3. The lowest BCUT2D eigenvalue weighted by Crippen LogP contribution is -2.39. The fourth-order valence-electron chi connectivity index (χ4n) is 1.71. The highest BCUT2D eigenvalue weighted by atomic mass is 79.9. The summed E-state index contributed by atoms with van der Waals surface area (Å²) in [6.45, 7) is 8.88. The minimum absolute atomic E-state index is 0. The first-order valence-corrected chi connectivity index (χ1v) is 5.54. The molecule has 0 amide bonds. The monoisotopic (exact) mass is 425 g/mol. The first kappa shape index (κ1) is 22.5.